The third-order valence-corrected chi connectivity index (χ3v) is 2.99. The Bertz CT molecular complexity index is 589. The van der Waals surface area contributed by atoms with E-state index in [1.807, 2.05) is 44.3 Å². The lowest BCUT2D eigenvalue weighted by Crippen LogP contribution is -2.15. The quantitative estimate of drug-likeness (QED) is 0.825. The number of amides is 1. The van der Waals surface area contributed by atoms with E-state index >= 15 is 0 Å². The van der Waals surface area contributed by atoms with Crippen LogP contribution in [0.5, 0.6) is 0 Å². The van der Waals surface area contributed by atoms with E-state index in [0.717, 1.165) is 16.9 Å². The molecular formula is C14H18N4O. The van der Waals surface area contributed by atoms with Crippen LogP contribution < -0.4 is 11.1 Å². The van der Waals surface area contributed by atoms with E-state index in [1.165, 1.54) is 0 Å². The first-order valence-electron chi connectivity index (χ1n) is 6.21. The fourth-order valence-electron chi connectivity index (χ4n) is 1.81. The number of rotatable bonds is 4. The normalized spacial score (nSPS) is 10.4. The molecule has 2 rings (SSSR count). The molecule has 3 N–H and O–H groups in total. The molecule has 5 heteroatoms. The van der Waals surface area contributed by atoms with Crippen LogP contribution in [0.2, 0.25) is 0 Å². The summed E-state index contributed by atoms with van der Waals surface area (Å²) in [6.07, 6.45) is 2.25. The molecule has 0 aliphatic rings. The lowest BCUT2D eigenvalue weighted by Gasteiger charge is -2.10. The number of carbonyl (C=O) groups is 1. The van der Waals surface area contributed by atoms with Gasteiger partial charge in [0.1, 0.15) is 0 Å². The van der Waals surface area contributed by atoms with E-state index in [0.29, 0.717) is 18.7 Å². The average molecular weight is 258 g/mol. The first-order chi connectivity index (χ1) is 9.06. The first kappa shape index (κ1) is 13.1. The van der Waals surface area contributed by atoms with Crippen LogP contribution in [0.4, 0.5) is 11.4 Å². The molecule has 0 fully saturated rings. The second kappa shape index (κ2) is 5.56. The maximum absolute atomic E-state index is 11.9. The van der Waals surface area contributed by atoms with Crippen molar-refractivity contribution in [2.24, 2.45) is 0 Å². The summed E-state index contributed by atoms with van der Waals surface area (Å²) < 4.78 is 1.77. The van der Waals surface area contributed by atoms with E-state index in [2.05, 4.69) is 10.4 Å². The van der Waals surface area contributed by atoms with Crippen LogP contribution in [0, 0.1) is 13.8 Å². The molecule has 0 unspecified atom stereocenters. The van der Waals surface area contributed by atoms with Crippen LogP contribution in [0.15, 0.2) is 30.5 Å². The van der Waals surface area contributed by atoms with Crippen molar-refractivity contribution in [1.29, 1.82) is 0 Å². The summed E-state index contributed by atoms with van der Waals surface area (Å²) in [5.74, 6) is -0.0400. The van der Waals surface area contributed by atoms with E-state index in [9.17, 15) is 4.79 Å². The number of aryl methyl sites for hydroxylation is 2. The minimum absolute atomic E-state index is 0.0400. The molecule has 0 aliphatic heterocycles. The molecule has 0 saturated carbocycles. The molecule has 5 nitrogen and oxygen atoms in total. The van der Waals surface area contributed by atoms with Crippen molar-refractivity contribution in [3.8, 4) is 0 Å². The van der Waals surface area contributed by atoms with Gasteiger partial charge in [0.15, 0.2) is 0 Å². The fourth-order valence-corrected chi connectivity index (χ4v) is 1.81. The summed E-state index contributed by atoms with van der Waals surface area (Å²) in [6, 6.07) is 7.41. The van der Waals surface area contributed by atoms with E-state index in [4.69, 9.17) is 5.73 Å². The van der Waals surface area contributed by atoms with Gasteiger partial charge < -0.3 is 11.1 Å². The molecule has 0 radical (unpaired) electrons. The predicted octanol–water partition coefficient (Wildman–Crippen LogP) is 2.11. The Morgan fingerprint density at radius 3 is 2.84 bits per heavy atom. The lowest BCUT2D eigenvalue weighted by molar-refractivity contribution is -0.116. The van der Waals surface area contributed by atoms with Crippen molar-refractivity contribution in [2.75, 3.05) is 11.1 Å². The molecule has 0 spiro atoms. The third kappa shape index (κ3) is 3.34. The topological polar surface area (TPSA) is 72.9 Å². The second-order valence-corrected chi connectivity index (χ2v) is 4.54. The zero-order chi connectivity index (χ0) is 13.8. The van der Waals surface area contributed by atoms with Crippen molar-refractivity contribution < 1.29 is 4.79 Å². The zero-order valence-corrected chi connectivity index (χ0v) is 11.2. The summed E-state index contributed by atoms with van der Waals surface area (Å²) in [5, 5.41) is 7.11. The highest BCUT2D eigenvalue weighted by molar-refractivity contribution is 5.92. The maximum atomic E-state index is 11.9. The number of nitrogens with one attached hydrogen (secondary N) is 1. The number of aromatic nitrogens is 2. The SMILES string of the molecule is Cc1ccn(CCC(=O)Nc2cccc(N)c2C)n1. The predicted molar refractivity (Wildman–Crippen MR) is 75.8 cm³/mol. The highest BCUT2D eigenvalue weighted by Gasteiger charge is 2.06. The summed E-state index contributed by atoms with van der Waals surface area (Å²) in [6.45, 7) is 4.38. The molecule has 0 saturated heterocycles. The van der Waals surface area contributed by atoms with Crippen LogP contribution in [-0.4, -0.2) is 15.7 Å². The van der Waals surface area contributed by atoms with Crippen molar-refractivity contribution in [1.82, 2.24) is 9.78 Å². The van der Waals surface area contributed by atoms with Gasteiger partial charge in [-0.3, -0.25) is 9.48 Å². The highest BCUT2D eigenvalue weighted by atomic mass is 16.1. The minimum atomic E-state index is -0.0400. The molecule has 1 amide bonds. The van der Waals surface area contributed by atoms with Crippen LogP contribution in [-0.2, 0) is 11.3 Å². The van der Waals surface area contributed by atoms with Gasteiger partial charge in [-0.05, 0) is 37.6 Å². The number of anilines is 2. The van der Waals surface area contributed by atoms with Crippen LogP contribution >= 0.6 is 0 Å². The number of nitrogens with zero attached hydrogens (tertiary/aromatic N) is 2. The summed E-state index contributed by atoms with van der Waals surface area (Å²) >= 11 is 0. The maximum Gasteiger partial charge on any atom is 0.226 e. The van der Waals surface area contributed by atoms with Gasteiger partial charge in [0, 0.05) is 30.5 Å². The molecule has 100 valence electrons. The summed E-state index contributed by atoms with van der Waals surface area (Å²) in [4.78, 5) is 11.9. The number of hydrogen-bond acceptors (Lipinski definition) is 3. The highest BCUT2D eigenvalue weighted by Crippen LogP contribution is 2.20. The van der Waals surface area contributed by atoms with Crippen LogP contribution in [0.25, 0.3) is 0 Å². The number of carbonyl (C=O) groups excluding carboxylic acids is 1. The Morgan fingerprint density at radius 1 is 1.37 bits per heavy atom. The van der Waals surface area contributed by atoms with Crippen LogP contribution in [0.3, 0.4) is 0 Å². The lowest BCUT2D eigenvalue weighted by atomic mass is 10.1. The molecule has 0 aliphatic carbocycles. The van der Waals surface area contributed by atoms with Crippen molar-refractivity contribution in [3.63, 3.8) is 0 Å². The van der Waals surface area contributed by atoms with E-state index in [1.54, 1.807) is 4.68 Å². The summed E-state index contributed by atoms with van der Waals surface area (Å²) in [7, 11) is 0. The standard InChI is InChI=1S/C14H18N4O/c1-10-6-8-18(17-10)9-7-14(19)16-13-5-3-4-12(15)11(13)2/h3-6,8H,7,9,15H2,1-2H3,(H,16,19). The molecule has 1 heterocycles. The Morgan fingerprint density at radius 2 is 2.16 bits per heavy atom. The molecule has 19 heavy (non-hydrogen) atoms. The molecule has 1 aromatic carbocycles. The zero-order valence-electron chi connectivity index (χ0n) is 11.2. The number of nitrogens with two attached hydrogens (primary N) is 1. The molecular weight excluding hydrogens is 240 g/mol. The Balaban J connectivity index is 1.92. The van der Waals surface area contributed by atoms with Gasteiger partial charge in [-0.25, -0.2) is 0 Å². The Labute approximate surface area is 112 Å². The molecule has 0 bridgehead atoms. The third-order valence-electron chi connectivity index (χ3n) is 2.99. The van der Waals surface area contributed by atoms with E-state index < -0.39 is 0 Å². The van der Waals surface area contributed by atoms with Gasteiger partial charge in [-0.1, -0.05) is 6.07 Å². The first-order valence-corrected chi connectivity index (χ1v) is 6.21. The van der Waals surface area contributed by atoms with Gasteiger partial charge >= 0.3 is 0 Å². The van der Waals surface area contributed by atoms with Crippen molar-refractivity contribution >= 4 is 17.3 Å². The minimum Gasteiger partial charge on any atom is -0.398 e. The van der Waals surface area contributed by atoms with Gasteiger partial charge in [0.25, 0.3) is 0 Å². The largest absolute Gasteiger partial charge is 0.398 e. The van der Waals surface area contributed by atoms with Gasteiger partial charge in [0.05, 0.1) is 5.69 Å². The van der Waals surface area contributed by atoms with Crippen molar-refractivity contribution in [2.45, 2.75) is 26.8 Å². The van der Waals surface area contributed by atoms with Crippen molar-refractivity contribution in [3.05, 3.63) is 41.7 Å². The number of hydrogen-bond donors (Lipinski definition) is 2. The Hall–Kier alpha value is -2.30. The number of nitrogen functional groups attached to an aromatic ring is 1. The van der Waals surface area contributed by atoms with Gasteiger partial charge in [-0.15, -0.1) is 0 Å². The summed E-state index contributed by atoms with van der Waals surface area (Å²) in [5.41, 5.74) is 9.09. The average Bonchev–Trinajstić information content (AvgIpc) is 2.78. The van der Waals surface area contributed by atoms with Gasteiger partial charge in [0.2, 0.25) is 5.91 Å². The molecule has 1 aromatic heterocycles. The van der Waals surface area contributed by atoms with Crippen LogP contribution in [0.1, 0.15) is 17.7 Å². The smallest absolute Gasteiger partial charge is 0.226 e. The fraction of sp³-hybridized carbons (Fsp3) is 0.286. The van der Waals surface area contributed by atoms with E-state index in [-0.39, 0.29) is 5.91 Å². The molecule has 2 aromatic rings. The number of benzene rings is 1. The second-order valence-electron chi connectivity index (χ2n) is 4.54. The monoisotopic (exact) mass is 258 g/mol. The Kier molecular flexibility index (Phi) is 3.85. The van der Waals surface area contributed by atoms with Gasteiger partial charge in [-0.2, -0.15) is 5.10 Å². The molecule has 0 atom stereocenters.